The van der Waals surface area contributed by atoms with Gasteiger partial charge in [-0.15, -0.1) is 0 Å². The summed E-state index contributed by atoms with van der Waals surface area (Å²) in [5, 5.41) is 9.68. The lowest BCUT2D eigenvalue weighted by Gasteiger charge is -2.09. The number of nitrogens with zero attached hydrogens (tertiary/aromatic N) is 3. The number of nitriles is 1. The summed E-state index contributed by atoms with van der Waals surface area (Å²) in [6.45, 7) is 4.04. The van der Waals surface area contributed by atoms with E-state index in [1.165, 1.54) is 0 Å². The summed E-state index contributed by atoms with van der Waals surface area (Å²) in [6, 6.07) is 21.1. The predicted molar refractivity (Wildman–Crippen MR) is 129 cm³/mol. The number of hydrogen-bond acceptors (Lipinski definition) is 7. The summed E-state index contributed by atoms with van der Waals surface area (Å²) in [7, 11) is -0.701. The number of hydrogen-bond donors (Lipinski definition) is 0. The molecule has 0 spiro atoms. The first kappa shape index (κ1) is 26.4. The van der Waals surface area contributed by atoms with Gasteiger partial charge in [-0.05, 0) is 31.0 Å². The Balaban J connectivity index is 0.000000589. The van der Waals surface area contributed by atoms with E-state index in [1.54, 1.807) is 42.8 Å². The van der Waals surface area contributed by atoms with Gasteiger partial charge >= 0.3 is 16.5 Å². The fraction of sp³-hybridized carbons (Fsp3) is 0.280. The van der Waals surface area contributed by atoms with E-state index in [4.69, 9.17) is 9.47 Å². The van der Waals surface area contributed by atoms with E-state index < -0.39 is 16.5 Å². The normalized spacial score (nSPS) is 9.82. The number of carbonyl (C=O) groups excluding carboxylic acids is 1. The van der Waals surface area contributed by atoms with E-state index in [0.29, 0.717) is 34.6 Å². The van der Waals surface area contributed by atoms with E-state index in [1.807, 2.05) is 43.3 Å². The molecule has 9 heteroatoms. The van der Waals surface area contributed by atoms with Gasteiger partial charge in [-0.25, -0.2) is 4.79 Å². The quantitative estimate of drug-likeness (QED) is 0.348. The molecule has 34 heavy (non-hydrogen) atoms. The lowest BCUT2D eigenvalue weighted by Crippen LogP contribution is -2.12. The predicted octanol–water partition coefficient (Wildman–Crippen LogP) is 4.43. The maximum absolute atomic E-state index is 12.5. The molecule has 0 N–H and O–H groups in total. The van der Waals surface area contributed by atoms with Crippen molar-refractivity contribution < 1.29 is 22.7 Å². The molecule has 0 radical (unpaired) electrons. The van der Waals surface area contributed by atoms with E-state index in [9.17, 15) is 18.5 Å². The standard InChI is InChI=1S/C19H21N3O5S.C6H6/c1-4-16-15(12-20)17(18(22(16)3)19(23)26-5-2)13-6-8-14(9-7-13)27-11-10-21-28(24)25;1-2-4-6-5-3-1/h6-9H,4-5,10-11H2,1-3H3;1-6H. The third-order valence-corrected chi connectivity index (χ3v) is 5.19. The van der Waals surface area contributed by atoms with Crippen LogP contribution in [0.2, 0.25) is 0 Å². The first-order valence-corrected chi connectivity index (χ1v) is 11.8. The van der Waals surface area contributed by atoms with Crippen molar-refractivity contribution in [2.24, 2.45) is 11.4 Å². The number of esters is 1. The summed E-state index contributed by atoms with van der Waals surface area (Å²) in [5.41, 5.74) is 2.75. The Morgan fingerprint density at radius 1 is 1.06 bits per heavy atom. The second kappa shape index (κ2) is 13.6. The minimum absolute atomic E-state index is 0.0298. The van der Waals surface area contributed by atoms with Crippen LogP contribution in [0.5, 0.6) is 5.75 Å². The second-order valence-electron chi connectivity index (χ2n) is 6.89. The second-order valence-corrected chi connectivity index (χ2v) is 7.58. The molecule has 0 aliphatic carbocycles. The molecular formula is C25H27N3O5S. The number of ether oxygens (including phenoxy) is 2. The van der Waals surface area contributed by atoms with Crippen molar-refractivity contribution in [3.8, 4) is 22.9 Å². The van der Waals surface area contributed by atoms with Crippen molar-refractivity contribution in [1.29, 1.82) is 5.26 Å². The molecule has 1 heterocycles. The third-order valence-electron chi connectivity index (χ3n) is 4.80. The SMILES string of the molecule is CCOC(=O)c1c(-c2ccc(OCCN=S(=O)=O)cc2)c(C#N)c(CC)n1C.c1ccccc1. The summed E-state index contributed by atoms with van der Waals surface area (Å²) in [5.74, 6) is 0.0437. The highest BCUT2D eigenvalue weighted by Gasteiger charge is 2.26. The zero-order chi connectivity index (χ0) is 24.9. The summed E-state index contributed by atoms with van der Waals surface area (Å²) >= 11 is 0. The Kier molecular flexibility index (Phi) is 10.5. The maximum Gasteiger partial charge on any atom is 0.355 e. The van der Waals surface area contributed by atoms with Crippen molar-refractivity contribution >= 4 is 16.5 Å². The van der Waals surface area contributed by atoms with E-state index in [2.05, 4.69) is 10.4 Å². The topological polar surface area (TPSA) is 111 Å². The van der Waals surface area contributed by atoms with E-state index in [-0.39, 0.29) is 19.8 Å². The first-order chi connectivity index (χ1) is 16.4. The highest BCUT2D eigenvalue weighted by atomic mass is 32.2. The number of carbonyl (C=O) groups is 1. The van der Waals surface area contributed by atoms with Crippen LogP contribution in [0.25, 0.3) is 11.1 Å². The van der Waals surface area contributed by atoms with Gasteiger partial charge in [0.2, 0.25) is 0 Å². The van der Waals surface area contributed by atoms with Crippen molar-refractivity contribution in [3.63, 3.8) is 0 Å². The number of rotatable bonds is 8. The Hall–Kier alpha value is -3.90. The molecule has 3 aromatic rings. The van der Waals surface area contributed by atoms with Crippen molar-refractivity contribution in [2.45, 2.75) is 20.3 Å². The lowest BCUT2D eigenvalue weighted by atomic mass is 10.00. The summed E-state index contributed by atoms with van der Waals surface area (Å²) in [6.07, 6.45) is 0.595. The molecule has 0 bridgehead atoms. The van der Waals surface area contributed by atoms with Crippen LogP contribution < -0.4 is 4.74 Å². The largest absolute Gasteiger partial charge is 0.492 e. The maximum atomic E-state index is 12.5. The number of benzene rings is 2. The first-order valence-electron chi connectivity index (χ1n) is 10.7. The van der Waals surface area contributed by atoms with Crippen molar-refractivity contribution in [1.82, 2.24) is 4.57 Å². The van der Waals surface area contributed by atoms with E-state index in [0.717, 1.165) is 5.69 Å². The zero-order valence-electron chi connectivity index (χ0n) is 19.4. The molecule has 0 saturated carbocycles. The lowest BCUT2D eigenvalue weighted by molar-refractivity contribution is 0.0516. The molecule has 0 unspecified atom stereocenters. The van der Waals surface area contributed by atoms with Gasteiger partial charge in [0.05, 0.1) is 18.7 Å². The zero-order valence-corrected chi connectivity index (χ0v) is 20.2. The van der Waals surface area contributed by atoms with Gasteiger partial charge in [-0.1, -0.05) is 55.5 Å². The molecule has 0 saturated heterocycles. The fourth-order valence-corrected chi connectivity index (χ4v) is 3.59. The van der Waals surface area contributed by atoms with Gasteiger partial charge in [0.25, 0.3) is 0 Å². The third kappa shape index (κ3) is 7.05. The summed E-state index contributed by atoms with van der Waals surface area (Å²) in [4.78, 5) is 12.5. The van der Waals surface area contributed by atoms with Crippen LogP contribution in [-0.4, -0.2) is 38.7 Å². The van der Waals surface area contributed by atoms with Crippen molar-refractivity contribution in [2.75, 3.05) is 19.8 Å². The molecule has 0 aliphatic rings. The minimum atomic E-state index is -2.45. The molecule has 178 valence electrons. The fourth-order valence-electron chi connectivity index (χ4n) is 3.36. The molecule has 0 atom stereocenters. The van der Waals surface area contributed by atoms with Crippen LogP contribution in [0, 0.1) is 11.3 Å². The highest BCUT2D eigenvalue weighted by Crippen LogP contribution is 2.34. The molecule has 2 aromatic carbocycles. The monoisotopic (exact) mass is 481 g/mol. The van der Waals surface area contributed by atoms with Crippen LogP contribution in [-0.2, 0) is 28.7 Å². The van der Waals surface area contributed by atoms with Crippen LogP contribution in [0.15, 0.2) is 65.0 Å². The van der Waals surface area contributed by atoms with Crippen LogP contribution in [0.4, 0.5) is 0 Å². The van der Waals surface area contributed by atoms with Gasteiger partial charge in [0, 0.05) is 18.3 Å². The number of aromatic nitrogens is 1. The van der Waals surface area contributed by atoms with Crippen molar-refractivity contribution in [3.05, 3.63) is 77.6 Å². The molecule has 0 amide bonds. The minimum Gasteiger partial charge on any atom is -0.492 e. The highest BCUT2D eigenvalue weighted by molar-refractivity contribution is 7.61. The van der Waals surface area contributed by atoms with Crippen LogP contribution >= 0.6 is 0 Å². The van der Waals surface area contributed by atoms with E-state index >= 15 is 0 Å². The Bertz CT molecular complexity index is 1220. The average molecular weight is 482 g/mol. The van der Waals surface area contributed by atoms with Crippen LogP contribution in [0.3, 0.4) is 0 Å². The Morgan fingerprint density at radius 2 is 1.65 bits per heavy atom. The van der Waals surface area contributed by atoms with Gasteiger partial charge < -0.3 is 14.0 Å². The summed E-state index contributed by atoms with van der Waals surface area (Å²) < 4.78 is 36.4. The molecular weight excluding hydrogens is 454 g/mol. The molecule has 3 rings (SSSR count). The Morgan fingerprint density at radius 3 is 2.12 bits per heavy atom. The van der Waals surface area contributed by atoms with Gasteiger partial charge in [0.15, 0.2) is 0 Å². The molecule has 0 fully saturated rings. The van der Waals surface area contributed by atoms with Gasteiger partial charge in [-0.2, -0.15) is 18.0 Å². The van der Waals surface area contributed by atoms with Gasteiger partial charge in [0.1, 0.15) is 24.1 Å². The molecule has 0 aliphatic heterocycles. The molecule has 1 aromatic heterocycles. The smallest absolute Gasteiger partial charge is 0.355 e. The van der Waals surface area contributed by atoms with Gasteiger partial charge in [-0.3, -0.25) is 0 Å². The average Bonchev–Trinajstić information content (AvgIpc) is 3.15. The Labute approximate surface area is 201 Å². The van der Waals surface area contributed by atoms with Crippen LogP contribution in [0.1, 0.15) is 35.6 Å². The molecule has 8 nitrogen and oxygen atoms in total.